The topological polar surface area (TPSA) is 149 Å². The molecule has 1 amide bonds. The van der Waals surface area contributed by atoms with Gasteiger partial charge in [0, 0.05) is 6.42 Å². The lowest BCUT2D eigenvalue weighted by Crippen LogP contribution is -2.60. The molecule has 1 rings (SSSR count). The van der Waals surface area contributed by atoms with Crippen LogP contribution in [0.1, 0.15) is 181 Å². The molecular formula is C46H83NO8. The van der Waals surface area contributed by atoms with E-state index in [1.54, 1.807) is 6.08 Å². The minimum Gasteiger partial charge on any atom is -0.394 e. The molecule has 320 valence electrons. The summed E-state index contributed by atoms with van der Waals surface area (Å²) in [6, 6.07) is -0.828. The smallest absolute Gasteiger partial charge is 0.220 e. The molecule has 1 fully saturated rings. The SMILES string of the molecule is CCC/C=C\C/C=C\CCCCCCCC(=O)NC(COC1OC(CO)C(O)C(O)C1O)C(O)/C=C/CC/C=C/CCCCCCCCCCCCCCC. The van der Waals surface area contributed by atoms with Gasteiger partial charge in [0.05, 0.1) is 25.4 Å². The number of hydrogen-bond acceptors (Lipinski definition) is 8. The average Bonchev–Trinajstić information content (AvgIpc) is 3.18. The molecule has 55 heavy (non-hydrogen) atoms. The summed E-state index contributed by atoms with van der Waals surface area (Å²) in [5, 5.41) is 54.1. The van der Waals surface area contributed by atoms with Crippen molar-refractivity contribution in [1.82, 2.24) is 5.32 Å². The van der Waals surface area contributed by atoms with E-state index in [4.69, 9.17) is 9.47 Å². The molecule has 0 aliphatic carbocycles. The third kappa shape index (κ3) is 27.4. The summed E-state index contributed by atoms with van der Waals surface area (Å²) in [6.45, 7) is 3.67. The Morgan fingerprint density at radius 1 is 0.618 bits per heavy atom. The molecule has 9 nitrogen and oxygen atoms in total. The number of rotatable bonds is 36. The lowest BCUT2D eigenvalue weighted by molar-refractivity contribution is -0.302. The van der Waals surface area contributed by atoms with Gasteiger partial charge in [0.25, 0.3) is 0 Å². The van der Waals surface area contributed by atoms with Crippen molar-refractivity contribution in [3.63, 3.8) is 0 Å². The van der Waals surface area contributed by atoms with Gasteiger partial charge < -0.3 is 40.3 Å². The normalized spacial score (nSPS) is 21.8. The molecule has 1 heterocycles. The largest absolute Gasteiger partial charge is 0.394 e. The van der Waals surface area contributed by atoms with Gasteiger partial charge in [0.1, 0.15) is 24.4 Å². The van der Waals surface area contributed by atoms with Gasteiger partial charge in [-0.1, -0.05) is 165 Å². The molecule has 0 aromatic heterocycles. The summed E-state index contributed by atoms with van der Waals surface area (Å²) in [5.41, 5.74) is 0. The molecule has 7 atom stereocenters. The zero-order chi connectivity index (χ0) is 40.2. The van der Waals surface area contributed by atoms with Crippen molar-refractivity contribution in [2.45, 2.75) is 224 Å². The van der Waals surface area contributed by atoms with Crippen LogP contribution in [0.4, 0.5) is 0 Å². The zero-order valence-electron chi connectivity index (χ0n) is 34.9. The number of aliphatic hydroxyl groups excluding tert-OH is 5. The quantitative estimate of drug-likeness (QED) is 0.0273. The number of carbonyl (C=O) groups is 1. The van der Waals surface area contributed by atoms with Gasteiger partial charge in [-0.3, -0.25) is 4.79 Å². The molecule has 7 unspecified atom stereocenters. The van der Waals surface area contributed by atoms with Crippen LogP contribution in [0.5, 0.6) is 0 Å². The van der Waals surface area contributed by atoms with Crippen LogP contribution in [0.15, 0.2) is 48.6 Å². The van der Waals surface area contributed by atoms with Crippen molar-refractivity contribution >= 4 is 5.91 Å². The summed E-state index contributed by atoms with van der Waals surface area (Å²) < 4.78 is 11.2. The number of amides is 1. The molecule has 0 aromatic rings. The maximum absolute atomic E-state index is 12.9. The van der Waals surface area contributed by atoms with E-state index in [0.29, 0.717) is 6.42 Å². The van der Waals surface area contributed by atoms with Crippen molar-refractivity contribution in [2.75, 3.05) is 13.2 Å². The van der Waals surface area contributed by atoms with Crippen LogP contribution in [0.2, 0.25) is 0 Å². The number of nitrogens with one attached hydrogen (secondary N) is 1. The van der Waals surface area contributed by atoms with Gasteiger partial charge in [0.15, 0.2) is 6.29 Å². The predicted octanol–water partition coefficient (Wildman–Crippen LogP) is 9.06. The van der Waals surface area contributed by atoms with Crippen molar-refractivity contribution in [2.24, 2.45) is 0 Å². The number of allylic oxidation sites excluding steroid dienone is 7. The third-order valence-corrected chi connectivity index (χ3v) is 10.4. The molecule has 1 aliphatic rings. The summed E-state index contributed by atoms with van der Waals surface area (Å²) in [4.78, 5) is 12.9. The van der Waals surface area contributed by atoms with E-state index in [9.17, 15) is 30.3 Å². The van der Waals surface area contributed by atoms with E-state index in [1.165, 1.54) is 89.9 Å². The summed E-state index contributed by atoms with van der Waals surface area (Å²) in [7, 11) is 0. The Balaban J connectivity index is 2.40. The highest BCUT2D eigenvalue weighted by molar-refractivity contribution is 5.76. The number of hydrogen-bond donors (Lipinski definition) is 6. The van der Waals surface area contributed by atoms with Gasteiger partial charge in [-0.25, -0.2) is 0 Å². The maximum atomic E-state index is 12.9. The van der Waals surface area contributed by atoms with E-state index < -0.39 is 49.5 Å². The monoisotopic (exact) mass is 778 g/mol. The minimum atomic E-state index is -1.57. The van der Waals surface area contributed by atoms with Crippen LogP contribution in [-0.4, -0.2) is 87.5 Å². The Kier molecular flexibility index (Phi) is 33.9. The van der Waals surface area contributed by atoms with Crippen LogP contribution in [0.25, 0.3) is 0 Å². The van der Waals surface area contributed by atoms with Crippen LogP contribution in [0.3, 0.4) is 0 Å². The molecule has 0 spiro atoms. The Hall–Kier alpha value is -1.85. The Morgan fingerprint density at radius 2 is 1.13 bits per heavy atom. The molecule has 6 N–H and O–H groups in total. The second kappa shape index (κ2) is 36.5. The minimum absolute atomic E-state index is 0.204. The molecule has 1 saturated heterocycles. The maximum Gasteiger partial charge on any atom is 0.220 e. The average molecular weight is 778 g/mol. The number of unbranched alkanes of at least 4 members (excludes halogenated alkanes) is 20. The van der Waals surface area contributed by atoms with Crippen molar-refractivity contribution in [1.29, 1.82) is 0 Å². The van der Waals surface area contributed by atoms with Gasteiger partial charge in [-0.05, 0) is 57.8 Å². The van der Waals surface area contributed by atoms with Crippen LogP contribution < -0.4 is 5.32 Å². The predicted molar refractivity (Wildman–Crippen MR) is 226 cm³/mol. The number of aliphatic hydroxyl groups is 5. The summed E-state index contributed by atoms with van der Waals surface area (Å²) >= 11 is 0. The van der Waals surface area contributed by atoms with Crippen molar-refractivity contribution in [3.8, 4) is 0 Å². The second-order valence-electron chi connectivity index (χ2n) is 15.5. The Bertz CT molecular complexity index is 998. The first-order valence-corrected chi connectivity index (χ1v) is 22.4. The van der Waals surface area contributed by atoms with Crippen LogP contribution >= 0.6 is 0 Å². The van der Waals surface area contributed by atoms with Gasteiger partial charge in [-0.2, -0.15) is 0 Å². The van der Waals surface area contributed by atoms with E-state index in [1.807, 2.05) is 6.08 Å². The molecular weight excluding hydrogens is 695 g/mol. The van der Waals surface area contributed by atoms with E-state index in [0.717, 1.165) is 70.6 Å². The van der Waals surface area contributed by atoms with Gasteiger partial charge in [-0.15, -0.1) is 0 Å². The first kappa shape index (κ1) is 51.2. The van der Waals surface area contributed by atoms with Gasteiger partial charge >= 0.3 is 0 Å². The number of carbonyl (C=O) groups excluding carboxylic acids is 1. The number of ether oxygens (including phenoxy) is 2. The zero-order valence-corrected chi connectivity index (χ0v) is 34.9. The molecule has 9 heteroatoms. The molecule has 0 saturated carbocycles. The van der Waals surface area contributed by atoms with E-state index in [-0.39, 0.29) is 12.5 Å². The van der Waals surface area contributed by atoms with Crippen molar-refractivity contribution < 1.29 is 39.8 Å². The van der Waals surface area contributed by atoms with E-state index in [2.05, 4.69) is 55.6 Å². The second-order valence-corrected chi connectivity index (χ2v) is 15.5. The molecule has 0 bridgehead atoms. The third-order valence-electron chi connectivity index (χ3n) is 10.4. The fourth-order valence-corrected chi connectivity index (χ4v) is 6.74. The molecule has 0 aromatic carbocycles. The molecule has 0 radical (unpaired) electrons. The molecule has 1 aliphatic heterocycles. The Labute approximate surface area is 335 Å². The lowest BCUT2D eigenvalue weighted by Gasteiger charge is -2.40. The standard InChI is InChI=1S/C46H83NO8/c1-3-5-7-9-11-13-15-17-18-19-20-21-22-24-25-27-29-31-33-35-40(49)39(38-54-46-45(53)44(52)43(51)41(37-48)55-46)47-42(50)36-34-32-30-28-26-23-16-14-12-10-8-6-4-2/h8,10,14,16,25,27,33,35,39-41,43-46,48-49,51-53H,3-7,9,11-13,15,17-24,26,28-32,34,36-38H2,1-2H3,(H,47,50)/b10-8-,16-14-,27-25+,35-33+. The van der Waals surface area contributed by atoms with Crippen LogP contribution in [-0.2, 0) is 14.3 Å². The van der Waals surface area contributed by atoms with E-state index >= 15 is 0 Å². The van der Waals surface area contributed by atoms with Gasteiger partial charge in [0.2, 0.25) is 5.91 Å². The first-order valence-electron chi connectivity index (χ1n) is 22.4. The summed E-state index contributed by atoms with van der Waals surface area (Å²) in [6.07, 6.45) is 38.7. The first-order chi connectivity index (χ1) is 26.8. The lowest BCUT2D eigenvalue weighted by atomic mass is 9.99. The highest BCUT2D eigenvalue weighted by Crippen LogP contribution is 2.22. The Morgan fingerprint density at radius 3 is 1.71 bits per heavy atom. The summed E-state index contributed by atoms with van der Waals surface area (Å²) in [5.74, 6) is -0.204. The highest BCUT2D eigenvalue weighted by atomic mass is 16.7. The van der Waals surface area contributed by atoms with Crippen molar-refractivity contribution in [3.05, 3.63) is 48.6 Å². The highest BCUT2D eigenvalue weighted by Gasteiger charge is 2.44. The fraction of sp³-hybridized carbons (Fsp3) is 0.804. The van der Waals surface area contributed by atoms with Crippen LogP contribution in [0, 0.1) is 0 Å². The fourth-order valence-electron chi connectivity index (χ4n) is 6.74.